The van der Waals surface area contributed by atoms with Gasteiger partial charge in [0, 0.05) is 15.6 Å². The van der Waals surface area contributed by atoms with Gasteiger partial charge in [-0.15, -0.1) is 0 Å². The number of hydrogen-bond donors (Lipinski definition) is 1. The molecule has 0 radical (unpaired) electrons. The highest BCUT2D eigenvalue weighted by Crippen LogP contribution is 2.29. The number of fused-ring (bicyclic) bond motifs is 1. The largest absolute Gasteiger partial charge is 0.460 e. The van der Waals surface area contributed by atoms with Crippen LogP contribution < -0.4 is 0 Å². The van der Waals surface area contributed by atoms with E-state index < -0.39 is 5.97 Å². The van der Waals surface area contributed by atoms with Crippen molar-refractivity contribution in [1.29, 1.82) is 0 Å². The predicted octanol–water partition coefficient (Wildman–Crippen LogP) is 3.95. The molecule has 1 aromatic heterocycles. The van der Waals surface area contributed by atoms with E-state index in [4.69, 9.17) is 37.5 Å². The van der Waals surface area contributed by atoms with Crippen LogP contribution in [0.4, 0.5) is 0 Å². The first-order valence-electron chi connectivity index (χ1n) is 6.72. The molecule has 118 valence electrons. The van der Waals surface area contributed by atoms with Crippen molar-refractivity contribution in [2.24, 2.45) is 0 Å². The number of halogens is 2. The Morgan fingerprint density at radius 2 is 1.91 bits per heavy atom. The molecule has 0 spiro atoms. The molecular weight excluding hydrogens is 341 g/mol. The van der Waals surface area contributed by atoms with Crippen LogP contribution in [0, 0.1) is 0 Å². The van der Waals surface area contributed by atoms with Crippen molar-refractivity contribution in [2.75, 3.05) is 13.2 Å². The Labute approximate surface area is 141 Å². The van der Waals surface area contributed by atoms with E-state index in [1.807, 2.05) is 0 Å². The highest BCUT2D eigenvalue weighted by Gasteiger charge is 2.13. The third-order valence-corrected chi connectivity index (χ3v) is 3.49. The molecule has 1 heterocycles. The second-order valence-electron chi connectivity index (χ2n) is 4.72. The molecule has 1 N–H and O–H groups in total. The quantitative estimate of drug-likeness (QED) is 0.720. The zero-order valence-electron chi connectivity index (χ0n) is 11.8. The monoisotopic (exact) mass is 351 g/mol. The van der Waals surface area contributed by atoms with Gasteiger partial charge < -0.3 is 14.3 Å². The van der Waals surface area contributed by atoms with Crippen LogP contribution >= 0.6 is 23.2 Å². The van der Waals surface area contributed by atoms with Gasteiger partial charge in [0.2, 0.25) is 5.89 Å². The van der Waals surface area contributed by atoms with Crippen LogP contribution in [0.25, 0.3) is 22.6 Å². The Morgan fingerprint density at radius 1 is 1.17 bits per heavy atom. The topological polar surface area (TPSA) is 72.6 Å². The third kappa shape index (κ3) is 3.47. The van der Waals surface area contributed by atoms with Crippen molar-refractivity contribution < 1.29 is 19.1 Å². The number of nitrogens with zero attached hydrogens (tertiary/aromatic N) is 1. The zero-order chi connectivity index (χ0) is 16.4. The van der Waals surface area contributed by atoms with E-state index in [1.165, 1.54) is 6.07 Å². The van der Waals surface area contributed by atoms with Crippen molar-refractivity contribution in [3.8, 4) is 11.5 Å². The van der Waals surface area contributed by atoms with E-state index in [0.29, 0.717) is 38.2 Å². The van der Waals surface area contributed by atoms with Crippen LogP contribution in [0.3, 0.4) is 0 Å². The molecular formula is C16H11Cl2NO4. The maximum absolute atomic E-state index is 11.8. The Bertz CT molecular complexity index is 855. The SMILES string of the molecule is O=C(OCCO)c1ccc2nc(-c3cc(Cl)cc(Cl)c3)oc2c1. The second-order valence-corrected chi connectivity index (χ2v) is 5.59. The summed E-state index contributed by atoms with van der Waals surface area (Å²) in [4.78, 5) is 16.1. The van der Waals surface area contributed by atoms with Crippen molar-refractivity contribution in [1.82, 2.24) is 4.98 Å². The lowest BCUT2D eigenvalue weighted by Crippen LogP contribution is -2.08. The molecule has 5 nitrogen and oxygen atoms in total. The van der Waals surface area contributed by atoms with E-state index in [2.05, 4.69) is 4.98 Å². The minimum absolute atomic E-state index is 0.0560. The number of aliphatic hydroxyl groups excluding tert-OH is 1. The fraction of sp³-hybridized carbons (Fsp3) is 0.125. The predicted molar refractivity (Wildman–Crippen MR) is 86.8 cm³/mol. The highest BCUT2D eigenvalue weighted by atomic mass is 35.5. The number of benzene rings is 2. The van der Waals surface area contributed by atoms with Crippen LogP contribution in [-0.2, 0) is 4.74 Å². The molecule has 0 amide bonds. The summed E-state index contributed by atoms with van der Waals surface area (Å²) < 4.78 is 10.5. The summed E-state index contributed by atoms with van der Waals surface area (Å²) in [6, 6.07) is 9.77. The Morgan fingerprint density at radius 3 is 2.61 bits per heavy atom. The van der Waals surface area contributed by atoms with Crippen LogP contribution in [-0.4, -0.2) is 29.3 Å². The van der Waals surface area contributed by atoms with Crippen LogP contribution in [0.2, 0.25) is 10.0 Å². The standard InChI is InChI=1S/C16H11Cl2NO4/c17-11-5-10(6-12(18)8-11)15-19-13-2-1-9(7-14(13)23-15)16(21)22-4-3-20/h1-2,5-8,20H,3-4H2. The number of hydrogen-bond acceptors (Lipinski definition) is 5. The normalized spacial score (nSPS) is 10.9. The van der Waals surface area contributed by atoms with E-state index in [1.54, 1.807) is 30.3 Å². The van der Waals surface area contributed by atoms with Gasteiger partial charge in [0.05, 0.1) is 12.2 Å². The maximum atomic E-state index is 11.8. The Kier molecular flexibility index (Phi) is 4.52. The lowest BCUT2D eigenvalue weighted by molar-refractivity contribution is 0.0434. The molecule has 0 aliphatic heterocycles. The van der Waals surface area contributed by atoms with E-state index in [-0.39, 0.29) is 13.2 Å². The lowest BCUT2D eigenvalue weighted by atomic mass is 10.2. The number of oxazole rings is 1. The van der Waals surface area contributed by atoms with Gasteiger partial charge in [0.25, 0.3) is 0 Å². The molecule has 0 atom stereocenters. The number of aliphatic hydroxyl groups is 1. The summed E-state index contributed by atoms with van der Waals surface area (Å²) in [6.45, 7) is -0.282. The van der Waals surface area contributed by atoms with Gasteiger partial charge in [0.15, 0.2) is 5.58 Å². The summed E-state index contributed by atoms with van der Waals surface area (Å²) >= 11 is 12.0. The summed E-state index contributed by atoms with van der Waals surface area (Å²) in [7, 11) is 0. The molecule has 3 rings (SSSR count). The first kappa shape index (κ1) is 15.8. The fourth-order valence-corrected chi connectivity index (χ4v) is 2.60. The number of esters is 1. The molecule has 0 saturated heterocycles. The van der Waals surface area contributed by atoms with E-state index >= 15 is 0 Å². The first-order chi connectivity index (χ1) is 11.1. The molecule has 2 aromatic carbocycles. The smallest absolute Gasteiger partial charge is 0.338 e. The first-order valence-corrected chi connectivity index (χ1v) is 7.47. The molecule has 23 heavy (non-hydrogen) atoms. The van der Waals surface area contributed by atoms with Gasteiger partial charge in [-0.2, -0.15) is 0 Å². The molecule has 7 heteroatoms. The number of rotatable bonds is 4. The van der Waals surface area contributed by atoms with Gasteiger partial charge in [-0.1, -0.05) is 23.2 Å². The number of carbonyl (C=O) groups is 1. The minimum atomic E-state index is -0.537. The average molecular weight is 352 g/mol. The molecule has 0 aliphatic rings. The van der Waals surface area contributed by atoms with Crippen LogP contribution in [0.5, 0.6) is 0 Å². The van der Waals surface area contributed by atoms with Crippen LogP contribution in [0.15, 0.2) is 40.8 Å². The number of ether oxygens (including phenoxy) is 1. The number of carbonyl (C=O) groups excluding carboxylic acids is 1. The van der Waals surface area contributed by atoms with Crippen molar-refractivity contribution in [3.05, 3.63) is 52.0 Å². The highest BCUT2D eigenvalue weighted by molar-refractivity contribution is 6.35. The molecule has 3 aromatic rings. The summed E-state index contributed by atoms with van der Waals surface area (Å²) in [5, 5.41) is 9.63. The Hall–Kier alpha value is -2.08. The fourth-order valence-electron chi connectivity index (χ4n) is 2.07. The van der Waals surface area contributed by atoms with Crippen molar-refractivity contribution >= 4 is 40.3 Å². The molecule has 0 fully saturated rings. The molecule has 0 unspecified atom stereocenters. The van der Waals surface area contributed by atoms with Crippen LogP contribution in [0.1, 0.15) is 10.4 Å². The Balaban J connectivity index is 1.97. The molecule has 0 aliphatic carbocycles. The van der Waals surface area contributed by atoms with Gasteiger partial charge in [-0.25, -0.2) is 9.78 Å². The van der Waals surface area contributed by atoms with Gasteiger partial charge in [-0.05, 0) is 36.4 Å². The maximum Gasteiger partial charge on any atom is 0.338 e. The van der Waals surface area contributed by atoms with E-state index in [9.17, 15) is 4.79 Å². The van der Waals surface area contributed by atoms with Gasteiger partial charge in [0.1, 0.15) is 12.1 Å². The van der Waals surface area contributed by atoms with Crippen molar-refractivity contribution in [2.45, 2.75) is 0 Å². The summed E-state index contributed by atoms with van der Waals surface area (Å²) in [5.41, 5.74) is 1.99. The molecule has 0 bridgehead atoms. The minimum Gasteiger partial charge on any atom is -0.460 e. The third-order valence-electron chi connectivity index (χ3n) is 3.06. The summed E-state index contributed by atoms with van der Waals surface area (Å²) in [6.07, 6.45) is 0. The second kappa shape index (κ2) is 6.58. The molecule has 0 saturated carbocycles. The van der Waals surface area contributed by atoms with Crippen molar-refractivity contribution in [3.63, 3.8) is 0 Å². The zero-order valence-corrected chi connectivity index (χ0v) is 13.3. The average Bonchev–Trinajstić information content (AvgIpc) is 2.94. The number of aromatic nitrogens is 1. The van der Waals surface area contributed by atoms with Gasteiger partial charge >= 0.3 is 5.97 Å². The van der Waals surface area contributed by atoms with Gasteiger partial charge in [-0.3, -0.25) is 0 Å². The lowest BCUT2D eigenvalue weighted by Gasteiger charge is -2.01. The summed E-state index contributed by atoms with van der Waals surface area (Å²) in [5.74, 6) is -0.185. The van der Waals surface area contributed by atoms with E-state index in [0.717, 1.165) is 0 Å².